The molecule has 4 rings (SSSR count). The van der Waals surface area contributed by atoms with E-state index in [1.54, 1.807) is 61.1 Å². The van der Waals surface area contributed by atoms with E-state index in [0.29, 0.717) is 30.1 Å². The largest absolute Gasteiger partial charge is 0.497 e. The van der Waals surface area contributed by atoms with Crippen molar-refractivity contribution in [3.8, 4) is 17.0 Å². The highest BCUT2D eigenvalue weighted by Gasteiger charge is 2.36. The number of amides is 1. The summed E-state index contributed by atoms with van der Waals surface area (Å²) < 4.78 is 21.9. The maximum absolute atomic E-state index is 15.1. The fraction of sp³-hybridized carbons (Fsp3) is 0.333. The summed E-state index contributed by atoms with van der Waals surface area (Å²) in [6.07, 6.45) is 1.36. The lowest BCUT2D eigenvalue weighted by Crippen LogP contribution is -2.60. The number of halogens is 1. The molecule has 0 bridgehead atoms. The van der Waals surface area contributed by atoms with Crippen LogP contribution in [0.5, 0.6) is 5.75 Å². The summed E-state index contributed by atoms with van der Waals surface area (Å²) in [5.41, 5.74) is 2.20. The van der Waals surface area contributed by atoms with Gasteiger partial charge in [-0.25, -0.2) is 14.4 Å². The van der Waals surface area contributed by atoms with E-state index in [4.69, 9.17) is 4.74 Å². The van der Waals surface area contributed by atoms with Crippen LogP contribution in [0, 0.1) is 12.7 Å². The Balaban J connectivity index is 1.48. The summed E-state index contributed by atoms with van der Waals surface area (Å²) in [6.45, 7) is 2.84. The summed E-state index contributed by atoms with van der Waals surface area (Å²) in [4.78, 5) is 24.5. The third-order valence-corrected chi connectivity index (χ3v) is 5.39. The van der Waals surface area contributed by atoms with Gasteiger partial charge in [-0.1, -0.05) is 0 Å². The van der Waals surface area contributed by atoms with E-state index in [1.165, 1.54) is 6.33 Å². The quantitative estimate of drug-likeness (QED) is 0.642. The Morgan fingerprint density at radius 1 is 1.23 bits per heavy atom. The predicted molar refractivity (Wildman–Crippen MR) is 110 cm³/mol. The second-order valence-electron chi connectivity index (χ2n) is 7.36. The fourth-order valence-corrected chi connectivity index (χ4v) is 3.56. The second-order valence-corrected chi connectivity index (χ2v) is 7.36. The van der Waals surface area contributed by atoms with Crippen LogP contribution >= 0.6 is 0 Å². The molecule has 0 N–H and O–H groups in total. The highest BCUT2D eigenvalue weighted by molar-refractivity contribution is 5.93. The number of hydrogen-bond donors (Lipinski definition) is 0. The van der Waals surface area contributed by atoms with Gasteiger partial charge in [-0.05, 0) is 37.3 Å². The van der Waals surface area contributed by atoms with Gasteiger partial charge in [-0.2, -0.15) is 5.10 Å². The van der Waals surface area contributed by atoms with Crippen molar-refractivity contribution in [1.29, 1.82) is 0 Å². The molecule has 156 valence electrons. The van der Waals surface area contributed by atoms with Gasteiger partial charge in [-0.3, -0.25) is 9.48 Å². The molecule has 0 aliphatic carbocycles. The van der Waals surface area contributed by atoms with Crippen LogP contribution in [-0.2, 0) is 7.05 Å². The molecule has 1 fully saturated rings. The third-order valence-electron chi connectivity index (χ3n) is 5.39. The third kappa shape index (κ3) is 3.47. The molecule has 3 aromatic rings. The minimum Gasteiger partial charge on any atom is -0.497 e. The van der Waals surface area contributed by atoms with Crippen LogP contribution in [0.25, 0.3) is 11.3 Å². The maximum atomic E-state index is 15.1. The number of carbonyl (C=O) groups excluding carboxylic acids is 1. The Bertz CT molecular complexity index is 1080. The lowest BCUT2D eigenvalue weighted by atomic mass is 10.1. The standard InChI is InChI=1S/C21H23FN6O2/c1-13-9-17(27(3)25-13)21(29)26(2)15-10-28(11-15)20-18(22)19(23-12-24-20)14-5-7-16(30-4)8-6-14/h5-9,12,15H,10-11H2,1-4H3. The molecule has 1 aliphatic rings. The molecule has 1 amide bonds. The number of hydrogen-bond acceptors (Lipinski definition) is 6. The summed E-state index contributed by atoms with van der Waals surface area (Å²) in [7, 11) is 5.08. The average molecular weight is 410 g/mol. The van der Waals surface area contributed by atoms with E-state index >= 15 is 4.39 Å². The number of methoxy groups -OCH3 is 1. The average Bonchev–Trinajstić information content (AvgIpc) is 3.05. The molecule has 0 saturated carbocycles. The van der Waals surface area contributed by atoms with Crippen molar-refractivity contribution < 1.29 is 13.9 Å². The lowest BCUT2D eigenvalue weighted by molar-refractivity contribution is 0.0693. The Hall–Kier alpha value is -3.49. The number of nitrogens with zero attached hydrogens (tertiary/aromatic N) is 6. The van der Waals surface area contributed by atoms with Crippen molar-refractivity contribution in [1.82, 2.24) is 24.6 Å². The first-order valence-electron chi connectivity index (χ1n) is 9.56. The molecule has 0 radical (unpaired) electrons. The van der Waals surface area contributed by atoms with Crippen LogP contribution in [-0.4, -0.2) is 63.8 Å². The SMILES string of the molecule is COc1ccc(-c2ncnc(N3CC(N(C)C(=O)c4cc(C)nn4C)C3)c2F)cc1. The molecule has 0 unspecified atom stereocenters. The highest BCUT2D eigenvalue weighted by atomic mass is 19.1. The molecule has 2 aromatic heterocycles. The van der Waals surface area contributed by atoms with E-state index < -0.39 is 5.82 Å². The van der Waals surface area contributed by atoms with Crippen LogP contribution in [0.1, 0.15) is 16.2 Å². The van der Waals surface area contributed by atoms with Crippen LogP contribution in [0.15, 0.2) is 36.7 Å². The molecule has 9 heteroatoms. The number of ether oxygens (including phenoxy) is 1. The molecule has 1 aliphatic heterocycles. The van der Waals surface area contributed by atoms with Crippen LogP contribution < -0.4 is 9.64 Å². The molecule has 8 nitrogen and oxygen atoms in total. The molecular formula is C21H23FN6O2. The first-order chi connectivity index (χ1) is 14.4. The van der Waals surface area contributed by atoms with E-state index in [0.717, 1.165) is 5.69 Å². The number of aryl methyl sites for hydroxylation is 2. The molecule has 1 saturated heterocycles. The molecule has 3 heterocycles. The Morgan fingerprint density at radius 3 is 2.53 bits per heavy atom. The summed E-state index contributed by atoms with van der Waals surface area (Å²) in [5, 5.41) is 4.23. The van der Waals surface area contributed by atoms with Gasteiger partial charge in [0, 0.05) is 32.7 Å². The molecule has 1 aromatic carbocycles. The van der Waals surface area contributed by atoms with Gasteiger partial charge in [0.15, 0.2) is 11.6 Å². The van der Waals surface area contributed by atoms with E-state index in [1.807, 2.05) is 11.8 Å². The molecular weight excluding hydrogens is 387 g/mol. The van der Waals surface area contributed by atoms with E-state index in [2.05, 4.69) is 15.1 Å². The van der Waals surface area contributed by atoms with Crippen molar-refractivity contribution in [2.75, 3.05) is 32.1 Å². The topological polar surface area (TPSA) is 76.4 Å². The van der Waals surface area contributed by atoms with Crippen molar-refractivity contribution in [2.24, 2.45) is 7.05 Å². The lowest BCUT2D eigenvalue weighted by Gasteiger charge is -2.44. The van der Waals surface area contributed by atoms with Gasteiger partial charge in [0.1, 0.15) is 23.5 Å². The number of likely N-dealkylation sites (N-methyl/N-ethyl adjacent to an activating group) is 1. The summed E-state index contributed by atoms with van der Waals surface area (Å²) in [5.74, 6) is 0.349. The normalized spacial score (nSPS) is 13.8. The zero-order valence-corrected chi connectivity index (χ0v) is 17.3. The monoisotopic (exact) mass is 410 g/mol. The smallest absolute Gasteiger partial charge is 0.272 e. The minimum absolute atomic E-state index is 0.0356. The maximum Gasteiger partial charge on any atom is 0.272 e. The minimum atomic E-state index is -0.475. The van der Waals surface area contributed by atoms with Crippen molar-refractivity contribution >= 4 is 11.7 Å². The summed E-state index contributed by atoms with van der Waals surface area (Å²) in [6, 6.07) is 8.77. The first-order valence-corrected chi connectivity index (χ1v) is 9.56. The predicted octanol–water partition coefficient (Wildman–Crippen LogP) is 2.29. The van der Waals surface area contributed by atoms with E-state index in [9.17, 15) is 4.79 Å². The van der Waals surface area contributed by atoms with E-state index in [-0.39, 0.29) is 23.5 Å². The zero-order chi connectivity index (χ0) is 21.4. The number of benzene rings is 1. The Morgan fingerprint density at radius 2 is 1.93 bits per heavy atom. The van der Waals surface area contributed by atoms with Gasteiger partial charge < -0.3 is 14.5 Å². The second kappa shape index (κ2) is 7.74. The van der Waals surface area contributed by atoms with Crippen LogP contribution in [0.4, 0.5) is 10.2 Å². The molecule has 30 heavy (non-hydrogen) atoms. The summed E-state index contributed by atoms with van der Waals surface area (Å²) >= 11 is 0. The van der Waals surface area contributed by atoms with Gasteiger partial charge in [-0.15, -0.1) is 0 Å². The zero-order valence-electron chi connectivity index (χ0n) is 17.3. The fourth-order valence-electron chi connectivity index (χ4n) is 3.56. The number of rotatable bonds is 5. The van der Waals surface area contributed by atoms with Crippen LogP contribution in [0.2, 0.25) is 0 Å². The molecule has 0 atom stereocenters. The Kier molecular flexibility index (Phi) is 5.11. The van der Waals surface area contributed by atoms with Gasteiger partial charge in [0.05, 0.1) is 18.8 Å². The highest BCUT2D eigenvalue weighted by Crippen LogP contribution is 2.30. The number of aromatic nitrogens is 4. The van der Waals surface area contributed by atoms with Crippen LogP contribution in [0.3, 0.4) is 0 Å². The Labute approximate surface area is 173 Å². The van der Waals surface area contributed by atoms with Crippen molar-refractivity contribution in [3.05, 3.63) is 53.9 Å². The van der Waals surface area contributed by atoms with Crippen molar-refractivity contribution in [3.63, 3.8) is 0 Å². The van der Waals surface area contributed by atoms with Gasteiger partial charge in [0.2, 0.25) is 0 Å². The first kappa shape index (κ1) is 19.8. The molecule has 0 spiro atoms. The number of anilines is 1. The van der Waals surface area contributed by atoms with Crippen molar-refractivity contribution in [2.45, 2.75) is 13.0 Å². The number of carbonyl (C=O) groups is 1. The van der Waals surface area contributed by atoms with Gasteiger partial charge >= 0.3 is 0 Å². The van der Waals surface area contributed by atoms with Gasteiger partial charge in [0.25, 0.3) is 5.91 Å².